The molecule has 0 radical (unpaired) electrons. The van der Waals surface area contributed by atoms with Crippen LogP contribution < -0.4 is 5.56 Å². The molecule has 0 aliphatic carbocycles. The van der Waals surface area contributed by atoms with E-state index in [1.54, 1.807) is 25.1 Å². The van der Waals surface area contributed by atoms with Gasteiger partial charge in [0.15, 0.2) is 0 Å². The second-order valence-corrected chi connectivity index (χ2v) is 4.61. The molecule has 1 aromatic heterocycles. The topological polar surface area (TPSA) is 72.2 Å². The van der Waals surface area contributed by atoms with Crippen LogP contribution in [0.25, 0.3) is 10.9 Å². The molecule has 5 nitrogen and oxygen atoms in total. The van der Waals surface area contributed by atoms with Gasteiger partial charge in [-0.2, -0.15) is 0 Å². The fraction of sp³-hybridized carbons (Fsp3) is 0.312. The van der Waals surface area contributed by atoms with E-state index in [4.69, 9.17) is 5.11 Å². The monoisotopic (exact) mass is 284 g/mol. The van der Waals surface area contributed by atoms with Crippen LogP contribution in [-0.2, 0) is 17.8 Å². The smallest absolute Gasteiger partial charge is 0.303 e. The number of aliphatic carboxylic acids is 1. The first-order valence-corrected chi connectivity index (χ1v) is 6.73. The van der Waals surface area contributed by atoms with Crippen LogP contribution in [-0.4, -0.2) is 20.6 Å². The molecule has 0 unspecified atom stereocenters. The van der Waals surface area contributed by atoms with Crippen molar-refractivity contribution in [3.63, 3.8) is 0 Å². The third-order valence-corrected chi connectivity index (χ3v) is 3.15. The molecule has 2 aromatic rings. The van der Waals surface area contributed by atoms with E-state index in [2.05, 4.69) is 16.8 Å². The number of aromatic nitrogens is 2. The van der Waals surface area contributed by atoms with Crippen LogP contribution in [0.1, 0.15) is 25.6 Å². The molecule has 0 fully saturated rings. The van der Waals surface area contributed by atoms with E-state index < -0.39 is 5.97 Å². The molecule has 0 saturated heterocycles. The predicted octanol–water partition coefficient (Wildman–Crippen LogP) is 1.83. The van der Waals surface area contributed by atoms with Crippen LogP contribution in [0.3, 0.4) is 0 Å². The van der Waals surface area contributed by atoms with Crippen LogP contribution in [0.2, 0.25) is 0 Å². The van der Waals surface area contributed by atoms with Gasteiger partial charge in [0.1, 0.15) is 5.82 Å². The fourth-order valence-electron chi connectivity index (χ4n) is 2.12. The number of carboxylic acid groups (broad SMARTS) is 1. The first kappa shape index (κ1) is 14.8. The van der Waals surface area contributed by atoms with Gasteiger partial charge in [-0.1, -0.05) is 18.1 Å². The summed E-state index contributed by atoms with van der Waals surface area (Å²) in [4.78, 5) is 27.6. The van der Waals surface area contributed by atoms with Gasteiger partial charge < -0.3 is 5.11 Å². The quantitative estimate of drug-likeness (QED) is 0.850. The normalized spacial score (nSPS) is 10.1. The van der Waals surface area contributed by atoms with Crippen LogP contribution in [0.5, 0.6) is 0 Å². The molecular weight excluding hydrogens is 268 g/mol. The van der Waals surface area contributed by atoms with Gasteiger partial charge in [-0.15, -0.1) is 5.92 Å². The Morgan fingerprint density at radius 1 is 1.38 bits per heavy atom. The number of nitrogens with zero attached hydrogens (tertiary/aromatic N) is 2. The highest BCUT2D eigenvalue weighted by Crippen LogP contribution is 2.10. The van der Waals surface area contributed by atoms with Crippen LogP contribution >= 0.6 is 0 Å². The first-order valence-electron chi connectivity index (χ1n) is 6.73. The molecule has 0 aliphatic rings. The van der Waals surface area contributed by atoms with Crippen molar-refractivity contribution in [3.8, 4) is 11.8 Å². The van der Waals surface area contributed by atoms with Crippen molar-refractivity contribution < 1.29 is 9.90 Å². The lowest BCUT2D eigenvalue weighted by Gasteiger charge is -2.10. The number of aryl methyl sites for hydroxylation is 1. The highest BCUT2D eigenvalue weighted by molar-refractivity contribution is 5.77. The van der Waals surface area contributed by atoms with Crippen molar-refractivity contribution in [2.75, 3.05) is 0 Å². The average Bonchev–Trinajstić information content (AvgIpc) is 2.46. The molecule has 0 aliphatic heterocycles. The summed E-state index contributed by atoms with van der Waals surface area (Å²) >= 11 is 0. The number of rotatable bonds is 5. The second kappa shape index (κ2) is 6.71. The maximum Gasteiger partial charge on any atom is 0.303 e. The van der Waals surface area contributed by atoms with Gasteiger partial charge in [-0.3, -0.25) is 14.2 Å². The fourth-order valence-corrected chi connectivity index (χ4v) is 2.12. The lowest BCUT2D eigenvalue weighted by atomic mass is 10.2. The Morgan fingerprint density at radius 3 is 2.86 bits per heavy atom. The molecule has 0 amide bonds. The average molecular weight is 284 g/mol. The lowest BCUT2D eigenvalue weighted by Crippen LogP contribution is -2.25. The van der Waals surface area contributed by atoms with E-state index in [-0.39, 0.29) is 18.5 Å². The third kappa shape index (κ3) is 3.48. The minimum atomic E-state index is -0.849. The molecular formula is C16H16N2O3. The summed E-state index contributed by atoms with van der Waals surface area (Å²) < 4.78 is 1.53. The Balaban J connectivity index is 2.46. The number of para-hydroxylation sites is 1. The van der Waals surface area contributed by atoms with E-state index >= 15 is 0 Å². The molecule has 0 atom stereocenters. The van der Waals surface area contributed by atoms with E-state index in [1.807, 2.05) is 6.07 Å². The maximum absolute atomic E-state index is 12.5. The number of hydrogen-bond donors (Lipinski definition) is 1. The Bertz CT molecular complexity index is 781. The molecule has 1 heterocycles. The second-order valence-electron chi connectivity index (χ2n) is 4.61. The zero-order chi connectivity index (χ0) is 15.2. The molecule has 108 valence electrons. The molecule has 2 rings (SSSR count). The number of carboxylic acids is 1. The summed E-state index contributed by atoms with van der Waals surface area (Å²) in [6.07, 6.45) is 0.944. The van der Waals surface area contributed by atoms with Crippen LogP contribution in [0, 0.1) is 11.8 Å². The Morgan fingerprint density at radius 2 is 2.14 bits per heavy atom. The number of benzene rings is 1. The van der Waals surface area contributed by atoms with Gasteiger partial charge in [-0.05, 0) is 25.5 Å². The Kier molecular flexibility index (Phi) is 4.72. The highest BCUT2D eigenvalue weighted by Gasteiger charge is 2.10. The van der Waals surface area contributed by atoms with Gasteiger partial charge in [0, 0.05) is 12.8 Å². The zero-order valence-electron chi connectivity index (χ0n) is 11.8. The minimum Gasteiger partial charge on any atom is -0.481 e. The molecule has 0 spiro atoms. The van der Waals surface area contributed by atoms with Crippen LogP contribution in [0.4, 0.5) is 0 Å². The van der Waals surface area contributed by atoms with Crippen molar-refractivity contribution in [1.29, 1.82) is 0 Å². The molecule has 21 heavy (non-hydrogen) atoms. The standard InChI is InChI=1S/C16H16N2O3/c1-2-3-11-18-14(9-6-10-15(19)20)17-13-8-5-4-7-12(13)16(18)21/h4-5,7-8H,6,9-11H2,1H3,(H,19,20). The Hall–Kier alpha value is -2.61. The van der Waals surface area contributed by atoms with E-state index in [0.717, 1.165) is 0 Å². The van der Waals surface area contributed by atoms with E-state index in [0.29, 0.717) is 29.6 Å². The lowest BCUT2D eigenvalue weighted by molar-refractivity contribution is -0.137. The maximum atomic E-state index is 12.5. The van der Waals surface area contributed by atoms with Crippen molar-refractivity contribution in [2.45, 2.75) is 32.7 Å². The van der Waals surface area contributed by atoms with Crippen molar-refractivity contribution >= 4 is 16.9 Å². The number of carbonyl (C=O) groups is 1. The summed E-state index contributed by atoms with van der Waals surface area (Å²) in [5.41, 5.74) is 0.502. The number of hydrogen-bond acceptors (Lipinski definition) is 3. The molecule has 5 heteroatoms. The Labute approximate surface area is 122 Å². The van der Waals surface area contributed by atoms with Gasteiger partial charge in [0.05, 0.1) is 17.4 Å². The molecule has 1 aromatic carbocycles. The third-order valence-electron chi connectivity index (χ3n) is 3.15. The predicted molar refractivity (Wildman–Crippen MR) is 80.0 cm³/mol. The van der Waals surface area contributed by atoms with Gasteiger partial charge in [-0.25, -0.2) is 4.98 Å². The number of fused-ring (bicyclic) bond motifs is 1. The minimum absolute atomic E-state index is 0.0577. The molecule has 0 saturated carbocycles. The van der Waals surface area contributed by atoms with Crippen molar-refractivity contribution in [1.82, 2.24) is 9.55 Å². The van der Waals surface area contributed by atoms with Gasteiger partial charge >= 0.3 is 5.97 Å². The summed E-state index contributed by atoms with van der Waals surface area (Å²) in [6, 6.07) is 7.15. The summed E-state index contributed by atoms with van der Waals surface area (Å²) in [7, 11) is 0. The van der Waals surface area contributed by atoms with Gasteiger partial charge in [0.2, 0.25) is 0 Å². The summed E-state index contributed by atoms with van der Waals surface area (Å²) in [5, 5.41) is 9.27. The summed E-state index contributed by atoms with van der Waals surface area (Å²) in [5.74, 6) is 5.36. The molecule has 0 bridgehead atoms. The van der Waals surface area contributed by atoms with Crippen molar-refractivity contribution in [3.05, 3.63) is 40.4 Å². The largest absolute Gasteiger partial charge is 0.481 e. The zero-order valence-corrected chi connectivity index (χ0v) is 11.8. The highest BCUT2D eigenvalue weighted by atomic mass is 16.4. The first-order chi connectivity index (χ1) is 10.1. The van der Waals surface area contributed by atoms with Gasteiger partial charge in [0.25, 0.3) is 5.56 Å². The van der Waals surface area contributed by atoms with Crippen molar-refractivity contribution in [2.24, 2.45) is 0 Å². The van der Waals surface area contributed by atoms with Crippen LogP contribution in [0.15, 0.2) is 29.1 Å². The van der Waals surface area contributed by atoms with E-state index in [1.165, 1.54) is 4.57 Å². The van der Waals surface area contributed by atoms with E-state index in [9.17, 15) is 9.59 Å². The molecule has 1 N–H and O–H groups in total. The summed E-state index contributed by atoms with van der Waals surface area (Å²) in [6.45, 7) is 1.99. The SMILES string of the molecule is CC#CCn1c(CCCC(=O)O)nc2ccccc2c1=O.